The van der Waals surface area contributed by atoms with Crippen molar-refractivity contribution >= 4 is 11.9 Å². The number of rotatable bonds is 3. The average molecular weight is 263 g/mol. The van der Waals surface area contributed by atoms with Gasteiger partial charge in [-0.05, 0) is 17.0 Å². The molecule has 0 saturated carbocycles. The molecule has 1 aromatic heterocycles. The van der Waals surface area contributed by atoms with E-state index in [0.29, 0.717) is 0 Å². The van der Waals surface area contributed by atoms with E-state index < -0.39 is 17.6 Å². The van der Waals surface area contributed by atoms with Crippen LogP contribution in [0.15, 0.2) is 28.9 Å². The van der Waals surface area contributed by atoms with Gasteiger partial charge in [-0.3, -0.25) is 9.42 Å². The van der Waals surface area contributed by atoms with E-state index in [1.54, 1.807) is 12.1 Å². The topological polar surface area (TPSA) is 122 Å². The number of esters is 1. The summed E-state index contributed by atoms with van der Waals surface area (Å²) >= 11 is 0. The summed E-state index contributed by atoms with van der Waals surface area (Å²) in [6.45, 7) is 0. The lowest BCUT2D eigenvalue weighted by atomic mass is 10.0. The molecule has 2 N–H and O–H groups in total. The maximum Gasteiger partial charge on any atom is 0.338 e. The molecule has 19 heavy (non-hydrogen) atoms. The third-order valence-corrected chi connectivity index (χ3v) is 2.43. The van der Waals surface area contributed by atoms with Crippen molar-refractivity contribution in [1.29, 1.82) is 0 Å². The first-order valence-electron chi connectivity index (χ1n) is 5.13. The number of nitrogens with zero attached hydrogens (tertiary/aromatic N) is 2. The summed E-state index contributed by atoms with van der Waals surface area (Å²) in [5.74, 6) is -1.64. The van der Waals surface area contributed by atoms with Crippen molar-refractivity contribution in [2.45, 2.75) is 0 Å². The number of amides is 1. The number of methoxy groups -OCH3 is 1. The average Bonchev–Trinajstić information content (AvgIpc) is 2.79. The zero-order valence-corrected chi connectivity index (χ0v) is 9.82. The molecule has 0 aliphatic rings. The molecule has 1 aromatic carbocycles. The van der Waals surface area contributed by atoms with Crippen LogP contribution in [-0.2, 0) is 4.74 Å². The molecule has 0 saturated heterocycles. The van der Waals surface area contributed by atoms with Gasteiger partial charge in [0.1, 0.15) is 0 Å². The van der Waals surface area contributed by atoms with Gasteiger partial charge in [0.2, 0.25) is 0 Å². The van der Waals surface area contributed by atoms with E-state index in [9.17, 15) is 14.8 Å². The Hall–Kier alpha value is -2.90. The molecule has 1 heterocycles. The molecular formula is C11H9N3O5. The van der Waals surface area contributed by atoms with Gasteiger partial charge >= 0.3 is 5.97 Å². The highest BCUT2D eigenvalue weighted by atomic mass is 16.8. The maximum atomic E-state index is 11.6. The second-order valence-electron chi connectivity index (χ2n) is 3.53. The van der Waals surface area contributed by atoms with Gasteiger partial charge in [-0.2, -0.15) is 0 Å². The molecule has 0 unspecified atom stereocenters. The van der Waals surface area contributed by atoms with Crippen molar-refractivity contribution in [2.24, 2.45) is 5.73 Å². The molecule has 8 heteroatoms. The van der Waals surface area contributed by atoms with Crippen LogP contribution in [-0.4, -0.2) is 24.1 Å². The van der Waals surface area contributed by atoms with E-state index in [4.69, 9.17) is 5.73 Å². The SMILES string of the molecule is COC(=O)c1ccccc1-c1no[n+]([O-])c1C(N)=O. The Balaban J connectivity index is 2.66. The predicted molar refractivity (Wildman–Crippen MR) is 60.8 cm³/mol. The first kappa shape index (κ1) is 12.6. The number of carbonyl (C=O) groups excluding carboxylic acids is 2. The largest absolute Gasteiger partial charge is 0.465 e. The molecule has 0 spiro atoms. The Morgan fingerprint density at radius 3 is 2.74 bits per heavy atom. The molecular weight excluding hydrogens is 254 g/mol. The van der Waals surface area contributed by atoms with Crippen LogP contribution in [0.2, 0.25) is 0 Å². The summed E-state index contributed by atoms with van der Waals surface area (Å²) in [6, 6.07) is 6.17. The van der Waals surface area contributed by atoms with Crippen molar-refractivity contribution in [3.8, 4) is 11.3 Å². The second-order valence-corrected chi connectivity index (χ2v) is 3.53. The Labute approximate surface area is 106 Å². The molecule has 0 radical (unpaired) electrons. The van der Waals surface area contributed by atoms with E-state index in [0.717, 1.165) is 0 Å². The predicted octanol–water partition coefficient (Wildman–Crippen LogP) is -0.140. The number of hydrogen-bond acceptors (Lipinski definition) is 6. The van der Waals surface area contributed by atoms with Gasteiger partial charge in [0.05, 0.1) is 12.7 Å². The maximum absolute atomic E-state index is 11.6. The number of ether oxygens (including phenoxy) is 1. The first-order valence-corrected chi connectivity index (χ1v) is 5.13. The summed E-state index contributed by atoms with van der Waals surface area (Å²) in [5.41, 5.74) is 4.86. The van der Waals surface area contributed by atoms with Crippen molar-refractivity contribution in [3.63, 3.8) is 0 Å². The molecule has 0 aliphatic carbocycles. The van der Waals surface area contributed by atoms with Crippen LogP contribution >= 0.6 is 0 Å². The van der Waals surface area contributed by atoms with Crippen LogP contribution < -0.4 is 10.6 Å². The monoisotopic (exact) mass is 263 g/mol. The van der Waals surface area contributed by atoms with Gasteiger partial charge in [0.15, 0.2) is 0 Å². The van der Waals surface area contributed by atoms with E-state index in [2.05, 4.69) is 14.5 Å². The van der Waals surface area contributed by atoms with Gasteiger partial charge in [0, 0.05) is 10.7 Å². The number of hydrogen-bond donors (Lipinski definition) is 1. The lowest BCUT2D eigenvalue weighted by Crippen LogP contribution is -2.34. The Morgan fingerprint density at radius 2 is 2.11 bits per heavy atom. The molecule has 1 amide bonds. The van der Waals surface area contributed by atoms with Crippen LogP contribution in [0, 0.1) is 5.21 Å². The van der Waals surface area contributed by atoms with Crippen molar-refractivity contribution in [1.82, 2.24) is 5.16 Å². The minimum absolute atomic E-state index is 0.105. The van der Waals surface area contributed by atoms with Gasteiger partial charge in [-0.25, -0.2) is 4.79 Å². The van der Waals surface area contributed by atoms with Crippen LogP contribution in [0.25, 0.3) is 11.3 Å². The normalized spacial score (nSPS) is 10.2. The molecule has 0 fully saturated rings. The smallest absolute Gasteiger partial charge is 0.338 e. The van der Waals surface area contributed by atoms with Crippen LogP contribution in [0.5, 0.6) is 0 Å². The zero-order chi connectivity index (χ0) is 14.0. The van der Waals surface area contributed by atoms with Crippen LogP contribution in [0.1, 0.15) is 20.8 Å². The van der Waals surface area contributed by atoms with Crippen molar-refractivity contribution in [2.75, 3.05) is 7.11 Å². The minimum atomic E-state index is -1.01. The fourth-order valence-corrected chi connectivity index (χ4v) is 1.61. The Kier molecular flexibility index (Phi) is 3.15. The third-order valence-electron chi connectivity index (χ3n) is 2.43. The molecule has 98 valence electrons. The Morgan fingerprint density at radius 1 is 1.42 bits per heavy atom. The standard InChI is InChI=1S/C11H9N3O5/c1-18-11(16)7-5-3-2-4-6(7)8-9(10(12)15)14(17)19-13-8/h2-5H,1H3,(H2,12,15). The van der Waals surface area contributed by atoms with Crippen molar-refractivity contribution in [3.05, 3.63) is 40.7 Å². The molecule has 0 bridgehead atoms. The fourth-order valence-electron chi connectivity index (χ4n) is 1.61. The second kappa shape index (κ2) is 4.77. The van der Waals surface area contributed by atoms with E-state index in [-0.39, 0.29) is 21.7 Å². The van der Waals surface area contributed by atoms with E-state index in [1.165, 1.54) is 19.2 Å². The summed E-state index contributed by atoms with van der Waals surface area (Å²) < 4.78 is 8.95. The van der Waals surface area contributed by atoms with Crippen LogP contribution in [0.4, 0.5) is 0 Å². The first-order chi connectivity index (χ1) is 9.06. The van der Waals surface area contributed by atoms with E-state index >= 15 is 0 Å². The zero-order valence-electron chi connectivity index (χ0n) is 9.82. The Bertz CT molecular complexity index is 650. The van der Waals surface area contributed by atoms with Crippen LogP contribution in [0.3, 0.4) is 0 Å². The van der Waals surface area contributed by atoms with E-state index in [1.807, 2.05) is 0 Å². The van der Waals surface area contributed by atoms with Crippen molar-refractivity contribution < 1.29 is 23.9 Å². The third kappa shape index (κ3) is 2.10. The van der Waals surface area contributed by atoms with Gasteiger partial charge in [0.25, 0.3) is 17.3 Å². The lowest BCUT2D eigenvalue weighted by molar-refractivity contribution is -0.803. The number of primary amides is 1. The summed E-state index contributed by atoms with van der Waals surface area (Å²) in [7, 11) is 1.21. The van der Waals surface area contributed by atoms with Gasteiger partial charge in [-0.15, -0.1) is 0 Å². The minimum Gasteiger partial charge on any atom is -0.465 e. The molecule has 2 rings (SSSR count). The van der Waals surface area contributed by atoms with Gasteiger partial charge < -0.3 is 15.7 Å². The summed E-state index contributed by atoms with van der Waals surface area (Å²) in [4.78, 5) is 22.7. The fraction of sp³-hybridized carbons (Fsp3) is 0.0909. The molecule has 2 aromatic rings. The highest BCUT2D eigenvalue weighted by Gasteiger charge is 2.29. The highest BCUT2D eigenvalue weighted by molar-refractivity contribution is 6.01. The lowest BCUT2D eigenvalue weighted by Gasteiger charge is -2.03. The summed E-state index contributed by atoms with van der Waals surface area (Å²) in [5, 5.41) is 14.7. The molecule has 0 aliphatic heterocycles. The summed E-state index contributed by atoms with van der Waals surface area (Å²) in [6.07, 6.45) is 0. The number of aromatic nitrogens is 2. The number of benzene rings is 1. The highest BCUT2D eigenvalue weighted by Crippen LogP contribution is 2.24. The number of carbonyl (C=O) groups is 2. The quantitative estimate of drug-likeness (QED) is 0.607. The van der Waals surface area contributed by atoms with Gasteiger partial charge in [-0.1, -0.05) is 12.1 Å². The molecule has 8 nitrogen and oxygen atoms in total. The number of nitrogens with two attached hydrogens (primary N) is 1. The molecule has 0 atom stereocenters.